The fourth-order valence-electron chi connectivity index (χ4n) is 3.82. The Morgan fingerprint density at radius 2 is 1.59 bits per heavy atom. The van der Waals surface area contributed by atoms with Crippen molar-refractivity contribution in [1.82, 2.24) is 0 Å². The van der Waals surface area contributed by atoms with E-state index in [4.69, 9.17) is 22.1 Å². The lowest BCUT2D eigenvalue weighted by Crippen LogP contribution is -2.36. The van der Waals surface area contributed by atoms with Crippen LogP contribution in [0.4, 0.5) is 17.1 Å². The molecule has 1 amide bonds. The Morgan fingerprint density at radius 3 is 2.27 bits per heavy atom. The molecule has 0 atom stereocenters. The molecule has 0 aromatic heterocycles. The molecule has 7 nitrogen and oxygen atoms in total. The normalized spacial score (nSPS) is 14.0. The SMILES string of the molecule is C=C(/N=C\C=C(/N)c1ccc(NC(=O)Cc2ccc(Cl)cc2)cc1)Nc1ccc(N2CCOCC2)cc1. The van der Waals surface area contributed by atoms with Crippen LogP contribution in [0.1, 0.15) is 11.1 Å². The molecule has 1 aliphatic heterocycles. The molecule has 0 spiro atoms. The minimum atomic E-state index is -0.104. The molecule has 37 heavy (non-hydrogen) atoms. The summed E-state index contributed by atoms with van der Waals surface area (Å²) in [6, 6.07) is 22.7. The quantitative estimate of drug-likeness (QED) is 0.336. The van der Waals surface area contributed by atoms with Gasteiger partial charge in [0.2, 0.25) is 5.91 Å². The summed E-state index contributed by atoms with van der Waals surface area (Å²) in [5.74, 6) is 0.398. The van der Waals surface area contributed by atoms with Gasteiger partial charge in [-0.1, -0.05) is 42.4 Å². The fourth-order valence-corrected chi connectivity index (χ4v) is 3.94. The smallest absolute Gasteiger partial charge is 0.228 e. The third kappa shape index (κ3) is 7.96. The highest BCUT2D eigenvalue weighted by Gasteiger charge is 2.10. The molecule has 190 valence electrons. The maximum atomic E-state index is 12.3. The molecule has 3 aromatic rings. The number of morpholine rings is 1. The number of hydrogen-bond acceptors (Lipinski definition) is 6. The summed E-state index contributed by atoms with van der Waals surface area (Å²) in [4.78, 5) is 18.9. The van der Waals surface area contributed by atoms with E-state index < -0.39 is 0 Å². The molecule has 0 aliphatic carbocycles. The second-order valence-corrected chi connectivity index (χ2v) is 8.98. The van der Waals surface area contributed by atoms with E-state index in [1.165, 1.54) is 5.69 Å². The summed E-state index contributed by atoms with van der Waals surface area (Å²) >= 11 is 5.89. The average molecular weight is 516 g/mol. The van der Waals surface area contributed by atoms with Gasteiger partial charge in [0.15, 0.2) is 0 Å². The summed E-state index contributed by atoms with van der Waals surface area (Å²) in [7, 11) is 0. The molecule has 4 N–H and O–H groups in total. The second kappa shape index (κ2) is 12.8. The zero-order chi connectivity index (χ0) is 26.0. The van der Waals surface area contributed by atoms with Crippen LogP contribution in [0.2, 0.25) is 5.02 Å². The Hall–Kier alpha value is -4.07. The van der Waals surface area contributed by atoms with Gasteiger partial charge in [0.05, 0.1) is 19.6 Å². The highest BCUT2D eigenvalue weighted by atomic mass is 35.5. The zero-order valence-corrected chi connectivity index (χ0v) is 21.2. The number of carbonyl (C=O) groups is 1. The van der Waals surface area contributed by atoms with Crippen molar-refractivity contribution in [2.24, 2.45) is 10.7 Å². The number of amides is 1. The van der Waals surface area contributed by atoms with E-state index in [0.717, 1.165) is 43.1 Å². The van der Waals surface area contributed by atoms with Crippen molar-refractivity contribution in [3.63, 3.8) is 0 Å². The number of benzene rings is 3. The van der Waals surface area contributed by atoms with Crippen LogP contribution in [-0.4, -0.2) is 38.4 Å². The first-order chi connectivity index (χ1) is 18.0. The number of rotatable bonds is 9. The highest BCUT2D eigenvalue weighted by Crippen LogP contribution is 2.20. The number of nitrogens with zero attached hydrogens (tertiary/aromatic N) is 2. The van der Waals surface area contributed by atoms with Crippen LogP contribution in [0.3, 0.4) is 0 Å². The lowest BCUT2D eigenvalue weighted by molar-refractivity contribution is -0.115. The number of halogens is 1. The van der Waals surface area contributed by atoms with Crippen LogP contribution in [0.15, 0.2) is 96.3 Å². The third-order valence-corrected chi connectivity index (χ3v) is 6.05. The highest BCUT2D eigenvalue weighted by molar-refractivity contribution is 6.30. The topological polar surface area (TPSA) is 92.0 Å². The van der Waals surface area contributed by atoms with Crippen molar-refractivity contribution in [3.05, 3.63) is 107 Å². The second-order valence-electron chi connectivity index (χ2n) is 8.55. The van der Waals surface area contributed by atoms with Gasteiger partial charge >= 0.3 is 0 Å². The maximum Gasteiger partial charge on any atom is 0.228 e. The summed E-state index contributed by atoms with van der Waals surface area (Å²) in [5.41, 5.74) is 11.2. The van der Waals surface area contributed by atoms with Gasteiger partial charge in [0.25, 0.3) is 0 Å². The van der Waals surface area contributed by atoms with Crippen LogP contribution < -0.4 is 21.3 Å². The standard InChI is InChI=1S/C29H30ClN5O2/c1-21(33-25-10-12-27(13-11-25)35-16-18-37-19-17-35)32-15-14-28(31)23-4-8-26(9-5-23)34-29(36)20-22-2-6-24(30)7-3-22/h2-15,33H,1,16-20,31H2,(H,34,36)/b28-14-,32-15-. The van der Waals surface area contributed by atoms with E-state index in [-0.39, 0.29) is 12.3 Å². The number of aliphatic imine (C=N–C) groups is 1. The van der Waals surface area contributed by atoms with Crippen LogP contribution >= 0.6 is 11.6 Å². The lowest BCUT2D eigenvalue weighted by atomic mass is 10.1. The monoisotopic (exact) mass is 515 g/mol. The molecule has 0 radical (unpaired) electrons. The van der Waals surface area contributed by atoms with Crippen molar-refractivity contribution >= 4 is 46.5 Å². The first-order valence-corrected chi connectivity index (χ1v) is 12.4. The molecular formula is C29H30ClN5O2. The molecular weight excluding hydrogens is 486 g/mol. The van der Waals surface area contributed by atoms with Crippen molar-refractivity contribution in [3.8, 4) is 0 Å². The average Bonchev–Trinajstić information content (AvgIpc) is 2.91. The van der Waals surface area contributed by atoms with Gasteiger partial charge in [-0.2, -0.15) is 0 Å². The third-order valence-electron chi connectivity index (χ3n) is 5.80. The Balaban J connectivity index is 1.25. The fraction of sp³-hybridized carbons (Fsp3) is 0.172. The van der Waals surface area contributed by atoms with Crippen LogP contribution in [-0.2, 0) is 16.0 Å². The van der Waals surface area contributed by atoms with E-state index in [1.807, 2.05) is 48.5 Å². The molecule has 0 bridgehead atoms. The largest absolute Gasteiger partial charge is 0.398 e. The number of nitrogens with two attached hydrogens (primary N) is 1. The van der Waals surface area contributed by atoms with E-state index >= 15 is 0 Å². The Bertz CT molecular complexity index is 1260. The van der Waals surface area contributed by atoms with E-state index in [1.54, 1.807) is 24.4 Å². The minimum Gasteiger partial charge on any atom is -0.398 e. The number of ether oxygens (including phenoxy) is 1. The van der Waals surface area contributed by atoms with Crippen molar-refractivity contribution in [1.29, 1.82) is 0 Å². The van der Waals surface area contributed by atoms with Crippen LogP contribution in [0.25, 0.3) is 5.70 Å². The Labute approximate surface area is 222 Å². The van der Waals surface area contributed by atoms with Gasteiger partial charge in [0, 0.05) is 47.1 Å². The predicted octanol–water partition coefficient (Wildman–Crippen LogP) is 5.31. The summed E-state index contributed by atoms with van der Waals surface area (Å²) in [6.07, 6.45) is 3.59. The molecule has 4 rings (SSSR count). The van der Waals surface area contributed by atoms with Gasteiger partial charge in [-0.15, -0.1) is 0 Å². The van der Waals surface area contributed by atoms with E-state index in [2.05, 4.69) is 39.2 Å². The minimum absolute atomic E-state index is 0.104. The van der Waals surface area contributed by atoms with Crippen molar-refractivity contribution in [2.45, 2.75) is 6.42 Å². The van der Waals surface area contributed by atoms with Crippen molar-refractivity contribution < 1.29 is 9.53 Å². The number of nitrogens with one attached hydrogen (secondary N) is 2. The first-order valence-electron chi connectivity index (χ1n) is 12.0. The molecule has 1 aliphatic rings. The summed E-state index contributed by atoms with van der Waals surface area (Å²) < 4.78 is 5.41. The van der Waals surface area contributed by atoms with Crippen LogP contribution in [0, 0.1) is 0 Å². The van der Waals surface area contributed by atoms with Gasteiger partial charge < -0.3 is 26.0 Å². The zero-order valence-electron chi connectivity index (χ0n) is 20.5. The number of carbonyl (C=O) groups excluding carboxylic acids is 1. The maximum absolute atomic E-state index is 12.3. The number of anilines is 3. The van der Waals surface area contributed by atoms with Gasteiger partial charge in [-0.25, -0.2) is 4.99 Å². The first kappa shape index (κ1) is 26.0. The number of allylic oxidation sites excluding steroid dienone is 1. The van der Waals surface area contributed by atoms with Crippen LogP contribution in [0.5, 0.6) is 0 Å². The molecule has 0 unspecified atom stereocenters. The van der Waals surface area contributed by atoms with Gasteiger partial charge in [0.1, 0.15) is 5.82 Å². The molecule has 1 fully saturated rings. The Morgan fingerprint density at radius 1 is 0.973 bits per heavy atom. The molecule has 0 saturated carbocycles. The van der Waals surface area contributed by atoms with E-state index in [9.17, 15) is 4.79 Å². The van der Waals surface area contributed by atoms with Crippen molar-refractivity contribution in [2.75, 3.05) is 41.8 Å². The molecule has 1 heterocycles. The summed E-state index contributed by atoms with van der Waals surface area (Å²) in [5, 5.41) is 6.71. The molecule has 8 heteroatoms. The number of hydrogen-bond donors (Lipinski definition) is 3. The summed E-state index contributed by atoms with van der Waals surface area (Å²) in [6.45, 7) is 7.27. The molecule has 3 aromatic carbocycles. The van der Waals surface area contributed by atoms with E-state index in [0.29, 0.717) is 22.2 Å². The lowest BCUT2D eigenvalue weighted by Gasteiger charge is -2.28. The van der Waals surface area contributed by atoms with Gasteiger partial charge in [-0.05, 0) is 65.7 Å². The van der Waals surface area contributed by atoms with Gasteiger partial charge in [-0.3, -0.25) is 4.79 Å². The predicted molar refractivity (Wildman–Crippen MR) is 153 cm³/mol. The Kier molecular flexibility index (Phi) is 8.97. The molecule has 1 saturated heterocycles.